The molecular weight excluding hydrogens is 353 g/mol. The molecule has 0 fully saturated rings. The van der Waals surface area contributed by atoms with Crippen LogP contribution in [0.15, 0.2) is 42.5 Å². The molecule has 1 N–H and O–H groups in total. The first-order chi connectivity index (χ1) is 12.3. The third-order valence-corrected chi connectivity index (χ3v) is 4.55. The number of anilines is 1. The zero-order valence-electron chi connectivity index (χ0n) is 14.8. The predicted molar refractivity (Wildman–Crippen MR) is 101 cm³/mol. The van der Waals surface area contributed by atoms with Gasteiger partial charge >= 0.3 is 0 Å². The molecule has 0 spiro atoms. The van der Waals surface area contributed by atoms with Crippen LogP contribution in [0.25, 0.3) is 0 Å². The van der Waals surface area contributed by atoms with E-state index >= 15 is 0 Å². The molecule has 3 aromatic rings. The summed E-state index contributed by atoms with van der Waals surface area (Å²) in [6.07, 6.45) is 0. The van der Waals surface area contributed by atoms with Gasteiger partial charge in [0.1, 0.15) is 11.0 Å². The zero-order valence-corrected chi connectivity index (χ0v) is 15.6. The average Bonchev–Trinajstić information content (AvgIpc) is 2.86. The van der Waals surface area contributed by atoms with E-state index in [-0.39, 0.29) is 16.9 Å². The van der Waals surface area contributed by atoms with Crippen LogP contribution >= 0.6 is 11.6 Å². The number of benzene rings is 2. The van der Waals surface area contributed by atoms with Gasteiger partial charge < -0.3 is 5.32 Å². The highest BCUT2D eigenvalue weighted by atomic mass is 35.5. The summed E-state index contributed by atoms with van der Waals surface area (Å²) >= 11 is 6.40. The highest BCUT2D eigenvalue weighted by molar-refractivity contribution is 6.33. The molecule has 1 aromatic heterocycles. The number of nitrogens with zero attached hydrogens (tertiary/aromatic N) is 2. The van der Waals surface area contributed by atoms with Gasteiger partial charge in [-0.1, -0.05) is 41.4 Å². The smallest absolute Gasteiger partial charge is 0.260 e. The first-order valence-corrected chi connectivity index (χ1v) is 8.59. The molecule has 0 bridgehead atoms. The van der Waals surface area contributed by atoms with Gasteiger partial charge in [0.15, 0.2) is 0 Å². The topological polar surface area (TPSA) is 46.9 Å². The van der Waals surface area contributed by atoms with Gasteiger partial charge in [-0.05, 0) is 50.1 Å². The van der Waals surface area contributed by atoms with Gasteiger partial charge in [0, 0.05) is 5.69 Å². The fourth-order valence-corrected chi connectivity index (χ4v) is 3.14. The van der Waals surface area contributed by atoms with Crippen LogP contribution in [-0.2, 0) is 6.54 Å². The van der Waals surface area contributed by atoms with Crippen LogP contribution in [0.3, 0.4) is 0 Å². The molecule has 0 unspecified atom stereocenters. The van der Waals surface area contributed by atoms with Gasteiger partial charge in [-0.25, -0.2) is 9.07 Å². The maximum atomic E-state index is 13.0. The van der Waals surface area contributed by atoms with Crippen LogP contribution in [0.5, 0.6) is 0 Å². The maximum absolute atomic E-state index is 13.0. The Balaban J connectivity index is 1.84. The van der Waals surface area contributed by atoms with Crippen LogP contribution < -0.4 is 5.32 Å². The Kier molecular flexibility index (Phi) is 5.09. The monoisotopic (exact) mass is 371 g/mol. The molecule has 0 aliphatic carbocycles. The molecule has 3 rings (SSSR count). The number of aromatic nitrogens is 2. The second-order valence-corrected chi connectivity index (χ2v) is 6.67. The number of nitrogens with one attached hydrogen (secondary N) is 1. The standard InChI is InChI=1S/C20H19ClFN3O/c1-12-4-9-17(13(2)10-12)23-20(26)18-14(3)24-25(19(18)21)11-15-5-7-16(22)8-6-15/h4-10H,11H2,1-3H3,(H,23,26). The van der Waals surface area contributed by atoms with Crippen molar-refractivity contribution < 1.29 is 9.18 Å². The van der Waals surface area contributed by atoms with Crippen LogP contribution in [0.4, 0.5) is 10.1 Å². The molecule has 0 atom stereocenters. The lowest BCUT2D eigenvalue weighted by Crippen LogP contribution is -2.14. The van der Waals surface area contributed by atoms with Crippen molar-refractivity contribution in [1.82, 2.24) is 9.78 Å². The molecule has 1 amide bonds. The molecule has 2 aromatic carbocycles. The fourth-order valence-electron chi connectivity index (χ4n) is 2.82. The third kappa shape index (κ3) is 3.78. The largest absolute Gasteiger partial charge is 0.322 e. The minimum atomic E-state index is -0.301. The van der Waals surface area contributed by atoms with E-state index in [1.165, 1.54) is 12.1 Å². The molecule has 134 valence electrons. The van der Waals surface area contributed by atoms with Gasteiger partial charge in [0.2, 0.25) is 0 Å². The molecule has 0 aliphatic heterocycles. The normalized spacial score (nSPS) is 10.8. The van der Waals surface area contributed by atoms with Gasteiger partial charge in [-0.15, -0.1) is 0 Å². The SMILES string of the molecule is Cc1ccc(NC(=O)c2c(C)nn(Cc3ccc(F)cc3)c2Cl)c(C)c1. The van der Waals surface area contributed by atoms with E-state index in [9.17, 15) is 9.18 Å². The Bertz CT molecular complexity index is 964. The number of hydrogen-bond donors (Lipinski definition) is 1. The summed E-state index contributed by atoms with van der Waals surface area (Å²) in [5.41, 5.74) is 4.57. The van der Waals surface area contributed by atoms with Gasteiger partial charge in [0.05, 0.1) is 17.8 Å². The number of carbonyl (C=O) groups excluding carboxylic acids is 1. The summed E-state index contributed by atoms with van der Waals surface area (Å²) < 4.78 is 14.6. The van der Waals surface area contributed by atoms with Crippen LogP contribution in [0.2, 0.25) is 5.15 Å². The van der Waals surface area contributed by atoms with E-state index in [1.807, 2.05) is 32.0 Å². The zero-order chi connectivity index (χ0) is 18.8. The van der Waals surface area contributed by atoms with E-state index in [0.29, 0.717) is 17.8 Å². The van der Waals surface area contributed by atoms with E-state index in [2.05, 4.69) is 10.4 Å². The third-order valence-electron chi connectivity index (χ3n) is 4.17. The van der Waals surface area contributed by atoms with Crippen molar-refractivity contribution in [2.75, 3.05) is 5.32 Å². The summed E-state index contributed by atoms with van der Waals surface area (Å²) in [7, 11) is 0. The summed E-state index contributed by atoms with van der Waals surface area (Å²) in [5.74, 6) is -0.602. The molecule has 1 heterocycles. The van der Waals surface area contributed by atoms with Gasteiger partial charge in [0.25, 0.3) is 5.91 Å². The number of halogens is 2. The Hall–Kier alpha value is -2.66. The molecule has 26 heavy (non-hydrogen) atoms. The van der Waals surface area contributed by atoms with E-state index in [1.54, 1.807) is 23.7 Å². The molecule has 0 saturated heterocycles. The fraction of sp³-hybridized carbons (Fsp3) is 0.200. The first-order valence-electron chi connectivity index (χ1n) is 8.21. The van der Waals surface area contributed by atoms with E-state index < -0.39 is 0 Å². The minimum Gasteiger partial charge on any atom is -0.322 e. The number of rotatable bonds is 4. The molecule has 0 radical (unpaired) electrons. The van der Waals surface area contributed by atoms with Gasteiger partial charge in [-0.2, -0.15) is 5.10 Å². The Morgan fingerprint density at radius 1 is 1.15 bits per heavy atom. The number of carbonyl (C=O) groups is 1. The van der Waals surface area contributed by atoms with Crippen molar-refractivity contribution >= 4 is 23.2 Å². The summed E-state index contributed by atoms with van der Waals surface area (Å²) in [5, 5.41) is 7.51. The predicted octanol–water partition coefficient (Wildman–Crippen LogP) is 4.90. The molecule has 6 heteroatoms. The highest BCUT2D eigenvalue weighted by Gasteiger charge is 2.21. The lowest BCUT2D eigenvalue weighted by atomic mass is 10.1. The Morgan fingerprint density at radius 3 is 2.50 bits per heavy atom. The molecule has 4 nitrogen and oxygen atoms in total. The second-order valence-electron chi connectivity index (χ2n) is 6.31. The van der Waals surface area contributed by atoms with Gasteiger partial charge in [-0.3, -0.25) is 4.79 Å². The second kappa shape index (κ2) is 7.30. The van der Waals surface area contributed by atoms with Crippen molar-refractivity contribution in [1.29, 1.82) is 0 Å². The molecule has 0 saturated carbocycles. The lowest BCUT2D eigenvalue weighted by Gasteiger charge is -2.09. The lowest BCUT2D eigenvalue weighted by molar-refractivity contribution is 0.102. The quantitative estimate of drug-likeness (QED) is 0.708. The molecule has 0 aliphatic rings. The van der Waals surface area contributed by atoms with Crippen molar-refractivity contribution in [3.8, 4) is 0 Å². The van der Waals surface area contributed by atoms with Crippen LogP contribution in [0, 0.1) is 26.6 Å². The van der Waals surface area contributed by atoms with E-state index in [4.69, 9.17) is 11.6 Å². The van der Waals surface area contributed by atoms with Crippen LogP contribution in [0.1, 0.15) is 32.7 Å². The summed E-state index contributed by atoms with van der Waals surface area (Å²) in [4.78, 5) is 12.7. The van der Waals surface area contributed by atoms with Crippen molar-refractivity contribution in [2.24, 2.45) is 0 Å². The van der Waals surface area contributed by atoms with Crippen molar-refractivity contribution in [3.05, 3.63) is 81.4 Å². The number of amides is 1. The highest BCUT2D eigenvalue weighted by Crippen LogP contribution is 2.24. The van der Waals surface area contributed by atoms with Crippen molar-refractivity contribution in [3.63, 3.8) is 0 Å². The average molecular weight is 372 g/mol. The van der Waals surface area contributed by atoms with E-state index in [0.717, 1.165) is 22.4 Å². The Morgan fingerprint density at radius 2 is 1.85 bits per heavy atom. The number of aryl methyl sites for hydroxylation is 3. The maximum Gasteiger partial charge on any atom is 0.260 e. The first kappa shape index (κ1) is 18.1. The Labute approximate surface area is 156 Å². The summed E-state index contributed by atoms with van der Waals surface area (Å²) in [6, 6.07) is 11.9. The van der Waals surface area contributed by atoms with Crippen molar-refractivity contribution in [2.45, 2.75) is 27.3 Å². The number of hydrogen-bond acceptors (Lipinski definition) is 2. The summed E-state index contributed by atoms with van der Waals surface area (Å²) in [6.45, 7) is 6.04. The molecular formula is C20H19ClFN3O. The minimum absolute atomic E-state index is 0.258. The van der Waals surface area contributed by atoms with Crippen LogP contribution in [-0.4, -0.2) is 15.7 Å².